The van der Waals surface area contributed by atoms with Gasteiger partial charge >= 0.3 is 0 Å². The number of oxazole rings is 1. The molecule has 1 N–H and O–H groups in total. The summed E-state index contributed by atoms with van der Waals surface area (Å²) in [6.07, 6.45) is 3.18. The zero-order valence-corrected chi connectivity index (χ0v) is 18.8. The van der Waals surface area contributed by atoms with Crippen molar-refractivity contribution in [3.05, 3.63) is 82.9 Å². The second-order valence-corrected chi connectivity index (χ2v) is 8.13. The lowest BCUT2D eigenvalue weighted by Gasteiger charge is -2.10. The van der Waals surface area contributed by atoms with E-state index in [1.165, 1.54) is 11.6 Å². The molecule has 4 aromatic rings. The van der Waals surface area contributed by atoms with Crippen LogP contribution in [0.4, 0.5) is 5.69 Å². The number of hydrogen-bond donors (Lipinski definition) is 1. The first kappa shape index (κ1) is 21.7. The molecule has 0 unspecified atom stereocenters. The van der Waals surface area contributed by atoms with Gasteiger partial charge in [-0.2, -0.15) is 0 Å². The standard InChI is InChI=1S/C26H23ClN2O3/c1-16(2)18-7-12-24-22(14-18)29-26(32-24)19-8-11-23(31-3)21(15-19)28-25(30)13-6-17-4-9-20(27)10-5-17/h4-16H,1-3H3,(H,28,30)/b13-6+. The molecule has 0 fully saturated rings. The van der Waals surface area contributed by atoms with E-state index in [1.807, 2.05) is 30.3 Å². The first-order valence-corrected chi connectivity index (χ1v) is 10.6. The third kappa shape index (κ3) is 4.84. The van der Waals surface area contributed by atoms with Crippen molar-refractivity contribution in [2.75, 3.05) is 12.4 Å². The van der Waals surface area contributed by atoms with Crippen molar-refractivity contribution in [1.29, 1.82) is 0 Å². The van der Waals surface area contributed by atoms with Gasteiger partial charge in [0.25, 0.3) is 0 Å². The van der Waals surface area contributed by atoms with Crippen LogP contribution in [0, 0.1) is 0 Å². The fraction of sp³-hybridized carbons (Fsp3) is 0.154. The van der Waals surface area contributed by atoms with Gasteiger partial charge in [-0.25, -0.2) is 4.98 Å². The van der Waals surface area contributed by atoms with Crippen molar-refractivity contribution in [2.24, 2.45) is 0 Å². The first-order valence-electron chi connectivity index (χ1n) is 10.3. The third-order valence-corrected chi connectivity index (χ3v) is 5.33. The Morgan fingerprint density at radius 3 is 2.59 bits per heavy atom. The van der Waals surface area contributed by atoms with E-state index >= 15 is 0 Å². The molecule has 0 saturated heterocycles. The van der Waals surface area contributed by atoms with Gasteiger partial charge in [0.2, 0.25) is 11.8 Å². The molecule has 1 heterocycles. The third-order valence-electron chi connectivity index (χ3n) is 5.08. The van der Waals surface area contributed by atoms with Crippen LogP contribution in [0.5, 0.6) is 5.75 Å². The van der Waals surface area contributed by atoms with Crippen LogP contribution in [0.25, 0.3) is 28.6 Å². The molecule has 4 rings (SSSR count). The van der Waals surface area contributed by atoms with Crippen LogP contribution in [0.15, 0.2) is 71.2 Å². The second-order valence-electron chi connectivity index (χ2n) is 7.69. The van der Waals surface area contributed by atoms with Crippen LogP contribution < -0.4 is 10.1 Å². The minimum Gasteiger partial charge on any atom is -0.495 e. The largest absolute Gasteiger partial charge is 0.495 e. The molecule has 3 aromatic carbocycles. The minimum atomic E-state index is -0.283. The Morgan fingerprint density at radius 1 is 1.09 bits per heavy atom. The predicted octanol–water partition coefficient (Wildman–Crippen LogP) is 6.93. The van der Waals surface area contributed by atoms with E-state index in [2.05, 4.69) is 30.2 Å². The monoisotopic (exact) mass is 446 g/mol. The first-order chi connectivity index (χ1) is 15.4. The highest BCUT2D eigenvalue weighted by atomic mass is 35.5. The normalized spacial score (nSPS) is 11.4. The second kappa shape index (κ2) is 9.28. The van der Waals surface area contributed by atoms with Gasteiger partial charge in [-0.1, -0.05) is 43.6 Å². The minimum absolute atomic E-state index is 0.283. The van der Waals surface area contributed by atoms with Gasteiger partial charge in [0.05, 0.1) is 12.8 Å². The Morgan fingerprint density at radius 2 is 1.88 bits per heavy atom. The highest BCUT2D eigenvalue weighted by Gasteiger charge is 2.13. The highest BCUT2D eigenvalue weighted by Crippen LogP contribution is 2.32. The van der Waals surface area contributed by atoms with Crippen molar-refractivity contribution >= 4 is 40.4 Å². The summed E-state index contributed by atoms with van der Waals surface area (Å²) in [5, 5.41) is 3.51. The van der Waals surface area contributed by atoms with Gasteiger partial charge in [-0.05, 0) is 65.6 Å². The molecule has 6 heteroatoms. The summed E-state index contributed by atoms with van der Waals surface area (Å²) in [6.45, 7) is 4.28. The smallest absolute Gasteiger partial charge is 0.248 e. The lowest BCUT2D eigenvalue weighted by Crippen LogP contribution is -2.09. The number of fused-ring (bicyclic) bond motifs is 1. The number of halogens is 1. The number of carbonyl (C=O) groups excluding carboxylic acids is 1. The maximum atomic E-state index is 12.5. The molecule has 0 aliphatic heterocycles. The number of aromatic nitrogens is 1. The number of hydrogen-bond acceptors (Lipinski definition) is 4. The van der Waals surface area contributed by atoms with Crippen LogP contribution in [-0.2, 0) is 4.79 Å². The van der Waals surface area contributed by atoms with E-state index < -0.39 is 0 Å². The number of rotatable bonds is 6. The fourth-order valence-electron chi connectivity index (χ4n) is 3.29. The summed E-state index contributed by atoms with van der Waals surface area (Å²) >= 11 is 5.90. The van der Waals surface area contributed by atoms with Crippen molar-refractivity contribution in [3.8, 4) is 17.2 Å². The van der Waals surface area contributed by atoms with Gasteiger partial charge in [-0.3, -0.25) is 4.79 Å². The number of carbonyl (C=O) groups is 1. The number of methoxy groups -OCH3 is 1. The van der Waals surface area contributed by atoms with Crippen LogP contribution in [0.1, 0.15) is 30.9 Å². The predicted molar refractivity (Wildman–Crippen MR) is 129 cm³/mol. The number of amides is 1. The summed E-state index contributed by atoms with van der Waals surface area (Å²) in [5.74, 6) is 1.15. The molecule has 162 valence electrons. The Balaban J connectivity index is 1.59. The van der Waals surface area contributed by atoms with Crippen molar-refractivity contribution in [3.63, 3.8) is 0 Å². The van der Waals surface area contributed by atoms with E-state index in [1.54, 1.807) is 37.5 Å². The number of benzene rings is 3. The number of nitrogens with one attached hydrogen (secondary N) is 1. The molecule has 5 nitrogen and oxygen atoms in total. The fourth-order valence-corrected chi connectivity index (χ4v) is 3.41. The Kier molecular flexibility index (Phi) is 6.28. The highest BCUT2D eigenvalue weighted by molar-refractivity contribution is 6.30. The van der Waals surface area contributed by atoms with Crippen LogP contribution in [-0.4, -0.2) is 18.0 Å². The van der Waals surface area contributed by atoms with Crippen LogP contribution >= 0.6 is 11.6 Å². The Bertz CT molecular complexity index is 1290. The average Bonchev–Trinajstić information content (AvgIpc) is 3.22. The van der Waals surface area contributed by atoms with Gasteiger partial charge in [0.1, 0.15) is 11.3 Å². The summed E-state index contributed by atoms with van der Waals surface area (Å²) in [6, 6.07) is 18.7. The lowest BCUT2D eigenvalue weighted by atomic mass is 10.0. The molecule has 0 saturated carbocycles. The van der Waals surface area contributed by atoms with Crippen LogP contribution in [0.2, 0.25) is 5.02 Å². The van der Waals surface area contributed by atoms with Crippen molar-refractivity contribution in [2.45, 2.75) is 19.8 Å². The summed E-state index contributed by atoms with van der Waals surface area (Å²) in [5.41, 5.74) is 4.87. The molecular weight excluding hydrogens is 424 g/mol. The van der Waals surface area contributed by atoms with Gasteiger partial charge in [0, 0.05) is 16.7 Å². The Labute approximate surface area is 191 Å². The molecule has 0 spiro atoms. The molecule has 1 aromatic heterocycles. The molecular formula is C26H23ClN2O3. The summed E-state index contributed by atoms with van der Waals surface area (Å²) in [7, 11) is 1.56. The van der Waals surface area contributed by atoms with Gasteiger partial charge in [-0.15, -0.1) is 0 Å². The lowest BCUT2D eigenvalue weighted by molar-refractivity contribution is -0.111. The maximum absolute atomic E-state index is 12.5. The molecule has 0 aliphatic carbocycles. The number of ether oxygens (including phenoxy) is 1. The van der Waals surface area contributed by atoms with E-state index in [0.717, 1.165) is 22.2 Å². The van der Waals surface area contributed by atoms with E-state index in [9.17, 15) is 4.79 Å². The Hall–Kier alpha value is -3.57. The average molecular weight is 447 g/mol. The van der Waals surface area contributed by atoms with Gasteiger partial charge < -0.3 is 14.5 Å². The van der Waals surface area contributed by atoms with Gasteiger partial charge in [0.15, 0.2) is 5.58 Å². The molecule has 0 aliphatic rings. The zero-order chi connectivity index (χ0) is 22.7. The quantitative estimate of drug-likeness (QED) is 0.326. The topological polar surface area (TPSA) is 64.4 Å². The molecule has 0 radical (unpaired) electrons. The van der Waals surface area contributed by atoms with Crippen molar-refractivity contribution in [1.82, 2.24) is 4.98 Å². The molecule has 32 heavy (non-hydrogen) atoms. The maximum Gasteiger partial charge on any atom is 0.248 e. The molecule has 1 amide bonds. The number of nitrogens with zero attached hydrogens (tertiary/aromatic N) is 1. The number of anilines is 1. The van der Waals surface area contributed by atoms with E-state index in [0.29, 0.717) is 28.3 Å². The molecule has 0 bridgehead atoms. The SMILES string of the molecule is COc1ccc(-c2nc3cc(C(C)C)ccc3o2)cc1NC(=O)/C=C/c1ccc(Cl)cc1. The summed E-state index contributed by atoms with van der Waals surface area (Å²) in [4.78, 5) is 17.1. The summed E-state index contributed by atoms with van der Waals surface area (Å²) < 4.78 is 11.4. The zero-order valence-electron chi connectivity index (χ0n) is 18.1. The van der Waals surface area contributed by atoms with Crippen molar-refractivity contribution < 1.29 is 13.9 Å². The van der Waals surface area contributed by atoms with Crippen LogP contribution in [0.3, 0.4) is 0 Å². The molecule has 0 atom stereocenters. The van der Waals surface area contributed by atoms with E-state index in [4.69, 9.17) is 20.8 Å². The van der Waals surface area contributed by atoms with E-state index in [-0.39, 0.29) is 5.91 Å².